The van der Waals surface area contributed by atoms with Crippen LogP contribution in [0.15, 0.2) is 16.7 Å². The van der Waals surface area contributed by atoms with E-state index in [0.29, 0.717) is 12.2 Å². The predicted octanol–water partition coefficient (Wildman–Crippen LogP) is 2.62. The number of aromatic nitrogens is 1. The van der Waals surface area contributed by atoms with E-state index in [2.05, 4.69) is 15.9 Å². The van der Waals surface area contributed by atoms with Crippen LogP contribution in [0.2, 0.25) is 0 Å². The summed E-state index contributed by atoms with van der Waals surface area (Å²) in [5.74, 6) is -1.40. The van der Waals surface area contributed by atoms with Crippen molar-refractivity contribution in [3.8, 4) is 0 Å². The summed E-state index contributed by atoms with van der Waals surface area (Å²) in [5.41, 5.74) is 0.602. The summed E-state index contributed by atoms with van der Waals surface area (Å²) in [6, 6.07) is 1.97. The standard InChI is InChI=1S/C14H19BrN2O3/c1-8(2)17-6-10(15)4-12(17)13(18)16-5-9(3)11(7-16)14(19)20/h4,6,8-9,11H,5,7H2,1-3H3,(H,19,20). The van der Waals surface area contributed by atoms with Gasteiger partial charge in [-0.3, -0.25) is 9.59 Å². The summed E-state index contributed by atoms with van der Waals surface area (Å²) >= 11 is 3.39. The molecule has 1 aliphatic rings. The Labute approximate surface area is 126 Å². The molecule has 1 fully saturated rings. The summed E-state index contributed by atoms with van der Waals surface area (Å²) in [7, 11) is 0. The number of carbonyl (C=O) groups is 2. The zero-order valence-corrected chi connectivity index (χ0v) is 13.4. The Morgan fingerprint density at radius 3 is 2.55 bits per heavy atom. The highest BCUT2D eigenvalue weighted by Crippen LogP contribution is 2.27. The van der Waals surface area contributed by atoms with Crippen LogP contribution < -0.4 is 0 Å². The first-order chi connectivity index (χ1) is 9.31. The quantitative estimate of drug-likeness (QED) is 0.918. The summed E-state index contributed by atoms with van der Waals surface area (Å²) in [6.07, 6.45) is 1.88. The van der Waals surface area contributed by atoms with E-state index in [4.69, 9.17) is 5.11 Å². The number of hydrogen-bond donors (Lipinski definition) is 1. The summed E-state index contributed by atoms with van der Waals surface area (Å²) in [6.45, 7) is 6.68. The lowest BCUT2D eigenvalue weighted by Gasteiger charge is -2.19. The normalized spacial score (nSPS) is 22.6. The molecule has 1 aliphatic heterocycles. The van der Waals surface area contributed by atoms with Crippen LogP contribution in [0.4, 0.5) is 0 Å². The smallest absolute Gasteiger partial charge is 0.308 e. The third-order valence-corrected chi connectivity index (χ3v) is 4.24. The van der Waals surface area contributed by atoms with Crippen LogP contribution in [-0.4, -0.2) is 39.5 Å². The molecular formula is C14H19BrN2O3. The van der Waals surface area contributed by atoms with Gasteiger partial charge in [0.05, 0.1) is 5.92 Å². The second-order valence-corrected chi connectivity index (χ2v) is 6.59. The monoisotopic (exact) mass is 342 g/mol. The maximum atomic E-state index is 12.6. The van der Waals surface area contributed by atoms with Gasteiger partial charge in [0.15, 0.2) is 0 Å². The van der Waals surface area contributed by atoms with Gasteiger partial charge in [0.2, 0.25) is 0 Å². The zero-order chi connectivity index (χ0) is 15.0. The van der Waals surface area contributed by atoms with Crippen LogP contribution in [0, 0.1) is 11.8 Å². The number of hydrogen-bond acceptors (Lipinski definition) is 2. The van der Waals surface area contributed by atoms with Crippen LogP contribution in [0.3, 0.4) is 0 Å². The first-order valence-corrected chi connectivity index (χ1v) is 7.50. The molecular weight excluding hydrogens is 324 g/mol. The Bertz CT molecular complexity index is 539. The van der Waals surface area contributed by atoms with Crippen molar-refractivity contribution in [3.05, 3.63) is 22.4 Å². The number of carboxylic acids is 1. The number of nitrogens with zero attached hydrogens (tertiary/aromatic N) is 2. The fourth-order valence-corrected chi connectivity index (χ4v) is 3.10. The highest BCUT2D eigenvalue weighted by atomic mass is 79.9. The van der Waals surface area contributed by atoms with Crippen molar-refractivity contribution in [2.24, 2.45) is 11.8 Å². The molecule has 0 aliphatic carbocycles. The minimum absolute atomic E-state index is 0.0117. The van der Waals surface area contributed by atoms with Crippen molar-refractivity contribution >= 4 is 27.8 Å². The first-order valence-electron chi connectivity index (χ1n) is 6.70. The molecule has 20 heavy (non-hydrogen) atoms. The number of carbonyl (C=O) groups excluding carboxylic acids is 1. The zero-order valence-electron chi connectivity index (χ0n) is 11.8. The van der Waals surface area contributed by atoms with Gasteiger partial charge in [0.25, 0.3) is 5.91 Å². The van der Waals surface area contributed by atoms with E-state index in [1.807, 2.05) is 31.5 Å². The molecule has 1 N–H and O–H groups in total. The van der Waals surface area contributed by atoms with Crippen molar-refractivity contribution in [3.63, 3.8) is 0 Å². The van der Waals surface area contributed by atoms with E-state index in [9.17, 15) is 9.59 Å². The average Bonchev–Trinajstić information content (AvgIpc) is 2.91. The van der Waals surface area contributed by atoms with E-state index < -0.39 is 11.9 Å². The van der Waals surface area contributed by atoms with E-state index in [0.717, 1.165) is 4.47 Å². The van der Waals surface area contributed by atoms with Gasteiger partial charge in [-0.15, -0.1) is 0 Å². The SMILES string of the molecule is CC1CN(C(=O)c2cc(Br)cn2C(C)C)CC1C(=O)O. The van der Waals surface area contributed by atoms with Gasteiger partial charge in [-0.05, 0) is 41.8 Å². The van der Waals surface area contributed by atoms with Gasteiger partial charge in [0.1, 0.15) is 5.69 Å². The molecule has 2 unspecified atom stereocenters. The van der Waals surface area contributed by atoms with Crippen molar-refractivity contribution in [2.45, 2.75) is 26.8 Å². The molecule has 0 saturated carbocycles. The molecule has 110 valence electrons. The molecule has 2 rings (SSSR count). The minimum Gasteiger partial charge on any atom is -0.481 e. The molecule has 5 nitrogen and oxygen atoms in total. The highest BCUT2D eigenvalue weighted by Gasteiger charge is 2.38. The van der Waals surface area contributed by atoms with Crippen LogP contribution in [-0.2, 0) is 4.79 Å². The van der Waals surface area contributed by atoms with Gasteiger partial charge >= 0.3 is 5.97 Å². The lowest BCUT2D eigenvalue weighted by molar-refractivity contribution is -0.142. The van der Waals surface area contributed by atoms with E-state index in [1.165, 1.54) is 0 Å². The summed E-state index contributed by atoms with van der Waals surface area (Å²) < 4.78 is 2.77. The molecule has 1 aromatic heterocycles. The maximum Gasteiger partial charge on any atom is 0.308 e. The fourth-order valence-electron chi connectivity index (χ4n) is 2.66. The van der Waals surface area contributed by atoms with Crippen molar-refractivity contribution in [1.29, 1.82) is 0 Å². The summed E-state index contributed by atoms with van der Waals surface area (Å²) in [5, 5.41) is 9.15. The highest BCUT2D eigenvalue weighted by molar-refractivity contribution is 9.10. The van der Waals surface area contributed by atoms with Crippen molar-refractivity contribution < 1.29 is 14.7 Å². The molecule has 0 aromatic carbocycles. The molecule has 6 heteroatoms. The van der Waals surface area contributed by atoms with Crippen LogP contribution >= 0.6 is 15.9 Å². The fraction of sp³-hybridized carbons (Fsp3) is 0.571. The Hall–Kier alpha value is -1.30. The number of halogens is 1. The predicted molar refractivity (Wildman–Crippen MR) is 78.7 cm³/mol. The second kappa shape index (κ2) is 5.60. The Morgan fingerprint density at radius 1 is 1.40 bits per heavy atom. The largest absolute Gasteiger partial charge is 0.481 e. The first kappa shape index (κ1) is 15.1. The van der Waals surface area contributed by atoms with Crippen molar-refractivity contribution in [1.82, 2.24) is 9.47 Å². The van der Waals surface area contributed by atoms with Gasteiger partial charge in [-0.2, -0.15) is 0 Å². The number of rotatable bonds is 3. The molecule has 2 atom stereocenters. The molecule has 2 heterocycles. The average molecular weight is 343 g/mol. The lowest BCUT2D eigenvalue weighted by Crippen LogP contribution is -2.31. The van der Waals surface area contributed by atoms with Gasteiger partial charge in [0, 0.05) is 29.8 Å². The lowest BCUT2D eigenvalue weighted by atomic mass is 9.99. The van der Waals surface area contributed by atoms with Crippen LogP contribution in [0.1, 0.15) is 37.3 Å². The Morgan fingerprint density at radius 2 is 2.05 bits per heavy atom. The van der Waals surface area contributed by atoms with Crippen LogP contribution in [0.5, 0.6) is 0 Å². The van der Waals surface area contributed by atoms with Crippen LogP contribution in [0.25, 0.3) is 0 Å². The topological polar surface area (TPSA) is 62.5 Å². The summed E-state index contributed by atoms with van der Waals surface area (Å²) in [4.78, 5) is 25.4. The number of aliphatic carboxylic acids is 1. The second-order valence-electron chi connectivity index (χ2n) is 5.68. The number of likely N-dealkylation sites (tertiary alicyclic amines) is 1. The van der Waals surface area contributed by atoms with Gasteiger partial charge in [-0.1, -0.05) is 6.92 Å². The molecule has 1 saturated heterocycles. The van der Waals surface area contributed by atoms with Gasteiger partial charge < -0.3 is 14.6 Å². The number of carboxylic acid groups (broad SMARTS) is 1. The molecule has 1 aromatic rings. The molecule has 0 radical (unpaired) electrons. The number of amides is 1. The Balaban J connectivity index is 2.23. The van der Waals surface area contributed by atoms with Crippen molar-refractivity contribution in [2.75, 3.05) is 13.1 Å². The minimum atomic E-state index is -0.826. The Kier molecular flexibility index (Phi) is 4.22. The maximum absolute atomic E-state index is 12.6. The van der Waals surface area contributed by atoms with E-state index in [1.54, 1.807) is 11.0 Å². The molecule has 0 spiro atoms. The van der Waals surface area contributed by atoms with E-state index >= 15 is 0 Å². The van der Waals surface area contributed by atoms with Gasteiger partial charge in [-0.25, -0.2) is 0 Å². The third-order valence-electron chi connectivity index (χ3n) is 3.81. The van der Waals surface area contributed by atoms with E-state index in [-0.39, 0.29) is 24.4 Å². The molecule has 0 bridgehead atoms. The molecule has 1 amide bonds. The third kappa shape index (κ3) is 2.75.